The number of likely N-dealkylation sites (N-methyl/N-ethyl adjacent to an activating group) is 1. The third kappa shape index (κ3) is 4.47. The molecule has 0 bridgehead atoms. The summed E-state index contributed by atoms with van der Waals surface area (Å²) in [5.74, 6) is 0.0357. The Balaban J connectivity index is 2.02. The van der Waals surface area contributed by atoms with Gasteiger partial charge in [-0.1, -0.05) is 0 Å². The number of hydrogen-bond acceptors (Lipinski definition) is 4. The van der Waals surface area contributed by atoms with E-state index in [1.165, 1.54) is 11.3 Å². The van der Waals surface area contributed by atoms with Gasteiger partial charge < -0.3 is 14.5 Å². The summed E-state index contributed by atoms with van der Waals surface area (Å²) in [7, 11) is 1.82. The van der Waals surface area contributed by atoms with Crippen LogP contribution in [0.15, 0.2) is 11.4 Å². The van der Waals surface area contributed by atoms with Crippen LogP contribution in [-0.2, 0) is 4.74 Å². The average Bonchev–Trinajstić information content (AvgIpc) is 2.90. The number of thiophene rings is 1. The number of carbonyl (C=O) groups excluding carboxylic acids is 2. The molecular formula is C17H26N2O3S. The van der Waals surface area contributed by atoms with Crippen molar-refractivity contribution in [3.63, 3.8) is 0 Å². The van der Waals surface area contributed by atoms with E-state index in [0.29, 0.717) is 13.1 Å². The number of ether oxygens (including phenoxy) is 1. The fourth-order valence-electron chi connectivity index (χ4n) is 2.68. The van der Waals surface area contributed by atoms with Crippen LogP contribution < -0.4 is 0 Å². The fourth-order valence-corrected chi connectivity index (χ4v) is 3.59. The second-order valence-electron chi connectivity index (χ2n) is 7.07. The van der Waals surface area contributed by atoms with Crippen LogP contribution in [0, 0.1) is 6.92 Å². The topological polar surface area (TPSA) is 49.9 Å². The van der Waals surface area contributed by atoms with E-state index >= 15 is 0 Å². The zero-order chi connectivity index (χ0) is 17.2. The lowest BCUT2D eigenvalue weighted by atomic mass is 10.0. The molecule has 0 spiro atoms. The fraction of sp³-hybridized carbons (Fsp3) is 0.647. The number of likely N-dealkylation sites (tertiary alicyclic amines) is 1. The molecule has 0 radical (unpaired) electrons. The molecule has 5 nitrogen and oxygen atoms in total. The van der Waals surface area contributed by atoms with Gasteiger partial charge in [-0.15, -0.1) is 11.3 Å². The van der Waals surface area contributed by atoms with Crippen LogP contribution in [0.3, 0.4) is 0 Å². The smallest absolute Gasteiger partial charge is 0.410 e. The summed E-state index contributed by atoms with van der Waals surface area (Å²) in [6, 6.07) is 1.99. The molecule has 0 aliphatic carbocycles. The molecule has 1 atom stereocenters. The number of aryl methyl sites for hydroxylation is 1. The van der Waals surface area contributed by atoms with Gasteiger partial charge in [-0.3, -0.25) is 4.79 Å². The molecule has 0 unspecified atom stereocenters. The number of piperidine rings is 1. The lowest BCUT2D eigenvalue weighted by molar-refractivity contribution is 0.0123. The van der Waals surface area contributed by atoms with Gasteiger partial charge in [0.15, 0.2) is 0 Å². The van der Waals surface area contributed by atoms with Crippen molar-refractivity contribution in [1.82, 2.24) is 9.80 Å². The highest BCUT2D eigenvalue weighted by Gasteiger charge is 2.31. The highest BCUT2D eigenvalue weighted by molar-refractivity contribution is 7.12. The number of rotatable bonds is 2. The minimum absolute atomic E-state index is 0.0327. The SMILES string of the molecule is Cc1ccsc1C(=O)N(C)[C@@H]1CCCN(C(=O)OC(C)(C)C)C1. The van der Waals surface area contributed by atoms with Crippen molar-refractivity contribution in [3.8, 4) is 0 Å². The Morgan fingerprint density at radius 3 is 2.65 bits per heavy atom. The Labute approximate surface area is 142 Å². The van der Waals surface area contributed by atoms with Gasteiger partial charge in [0, 0.05) is 26.2 Å². The highest BCUT2D eigenvalue weighted by atomic mass is 32.1. The van der Waals surface area contributed by atoms with E-state index in [0.717, 1.165) is 23.3 Å². The van der Waals surface area contributed by atoms with Crippen molar-refractivity contribution >= 4 is 23.3 Å². The molecule has 2 amide bonds. The van der Waals surface area contributed by atoms with Gasteiger partial charge in [0.2, 0.25) is 0 Å². The first-order valence-electron chi connectivity index (χ1n) is 7.98. The second-order valence-corrected chi connectivity index (χ2v) is 7.99. The summed E-state index contributed by atoms with van der Waals surface area (Å²) < 4.78 is 5.44. The normalized spacial score (nSPS) is 18.7. The van der Waals surface area contributed by atoms with Gasteiger partial charge >= 0.3 is 6.09 Å². The maximum absolute atomic E-state index is 12.6. The molecule has 1 aromatic heterocycles. The molecule has 1 saturated heterocycles. The minimum Gasteiger partial charge on any atom is -0.444 e. The summed E-state index contributed by atoms with van der Waals surface area (Å²) in [4.78, 5) is 29.1. The zero-order valence-electron chi connectivity index (χ0n) is 14.6. The van der Waals surface area contributed by atoms with Crippen molar-refractivity contribution in [1.29, 1.82) is 0 Å². The summed E-state index contributed by atoms with van der Waals surface area (Å²) in [5.41, 5.74) is 0.506. The van der Waals surface area contributed by atoms with Crippen molar-refractivity contribution in [2.75, 3.05) is 20.1 Å². The third-order valence-electron chi connectivity index (χ3n) is 3.97. The molecular weight excluding hydrogens is 312 g/mol. The minimum atomic E-state index is -0.500. The second kappa shape index (κ2) is 6.91. The maximum atomic E-state index is 12.6. The number of amides is 2. The van der Waals surface area contributed by atoms with E-state index in [1.807, 2.05) is 46.2 Å². The first kappa shape index (κ1) is 17.8. The lowest BCUT2D eigenvalue weighted by Gasteiger charge is -2.38. The highest BCUT2D eigenvalue weighted by Crippen LogP contribution is 2.22. The number of carbonyl (C=O) groups is 2. The van der Waals surface area contributed by atoms with Crippen LogP contribution in [0.1, 0.15) is 48.8 Å². The van der Waals surface area contributed by atoms with Crippen LogP contribution >= 0.6 is 11.3 Å². The molecule has 0 aromatic carbocycles. The van der Waals surface area contributed by atoms with Gasteiger partial charge in [-0.05, 0) is 57.5 Å². The van der Waals surface area contributed by atoms with Gasteiger partial charge in [0.1, 0.15) is 5.60 Å². The molecule has 0 N–H and O–H groups in total. The quantitative estimate of drug-likeness (QED) is 0.829. The summed E-state index contributed by atoms with van der Waals surface area (Å²) in [5, 5.41) is 1.93. The molecule has 2 rings (SSSR count). The Hall–Kier alpha value is -1.56. The van der Waals surface area contributed by atoms with Gasteiger partial charge in [-0.2, -0.15) is 0 Å². The Bertz CT molecular complexity index is 577. The van der Waals surface area contributed by atoms with Crippen molar-refractivity contribution < 1.29 is 14.3 Å². The standard InChI is InChI=1S/C17H26N2O3S/c1-12-8-10-23-14(12)15(20)18(5)13-7-6-9-19(11-13)16(21)22-17(2,3)4/h8,10,13H,6-7,9,11H2,1-5H3/t13-/m1/s1. The predicted octanol–water partition coefficient (Wildman–Crippen LogP) is 3.53. The van der Waals surface area contributed by atoms with E-state index in [2.05, 4.69) is 0 Å². The van der Waals surface area contributed by atoms with Crippen LogP contribution in [0.5, 0.6) is 0 Å². The Morgan fingerprint density at radius 1 is 1.39 bits per heavy atom. The summed E-state index contributed by atoms with van der Waals surface area (Å²) in [6.07, 6.45) is 1.49. The van der Waals surface area contributed by atoms with Crippen LogP contribution in [0.2, 0.25) is 0 Å². The molecule has 6 heteroatoms. The number of hydrogen-bond donors (Lipinski definition) is 0. The maximum Gasteiger partial charge on any atom is 0.410 e. The molecule has 128 valence electrons. The first-order chi connectivity index (χ1) is 10.7. The Kier molecular flexibility index (Phi) is 5.34. The van der Waals surface area contributed by atoms with Gasteiger partial charge in [0.05, 0.1) is 4.88 Å². The number of nitrogens with zero attached hydrogens (tertiary/aromatic N) is 2. The zero-order valence-corrected chi connectivity index (χ0v) is 15.4. The molecule has 1 aliphatic heterocycles. The van der Waals surface area contributed by atoms with Crippen molar-refractivity contribution in [2.45, 2.75) is 52.2 Å². The molecule has 23 heavy (non-hydrogen) atoms. The largest absolute Gasteiger partial charge is 0.444 e. The summed E-state index contributed by atoms with van der Waals surface area (Å²) in [6.45, 7) is 8.75. The molecule has 0 saturated carbocycles. The van der Waals surface area contributed by atoms with Crippen LogP contribution in [0.4, 0.5) is 4.79 Å². The van der Waals surface area contributed by atoms with E-state index < -0.39 is 5.60 Å². The predicted molar refractivity (Wildman–Crippen MR) is 92.0 cm³/mol. The van der Waals surface area contributed by atoms with Crippen molar-refractivity contribution in [2.24, 2.45) is 0 Å². The lowest BCUT2D eigenvalue weighted by Crippen LogP contribution is -2.51. The molecule has 1 aromatic rings. The molecule has 2 heterocycles. The monoisotopic (exact) mass is 338 g/mol. The average molecular weight is 338 g/mol. The van der Waals surface area contributed by atoms with Crippen LogP contribution in [0.25, 0.3) is 0 Å². The van der Waals surface area contributed by atoms with E-state index in [-0.39, 0.29) is 18.0 Å². The van der Waals surface area contributed by atoms with Gasteiger partial charge in [-0.25, -0.2) is 4.79 Å². The van der Waals surface area contributed by atoms with Gasteiger partial charge in [0.25, 0.3) is 5.91 Å². The Morgan fingerprint density at radius 2 is 2.09 bits per heavy atom. The molecule has 1 aliphatic rings. The van der Waals surface area contributed by atoms with Crippen LogP contribution in [-0.4, -0.2) is 53.6 Å². The van der Waals surface area contributed by atoms with E-state index in [1.54, 1.807) is 9.80 Å². The van der Waals surface area contributed by atoms with E-state index in [9.17, 15) is 9.59 Å². The van der Waals surface area contributed by atoms with E-state index in [4.69, 9.17) is 4.74 Å². The summed E-state index contributed by atoms with van der Waals surface area (Å²) >= 11 is 1.47. The van der Waals surface area contributed by atoms with Crippen molar-refractivity contribution in [3.05, 3.63) is 21.9 Å². The first-order valence-corrected chi connectivity index (χ1v) is 8.86. The molecule has 1 fully saturated rings. The third-order valence-corrected chi connectivity index (χ3v) is 4.98.